The van der Waals surface area contributed by atoms with Crippen LogP contribution in [-0.2, 0) is 0 Å². The molecule has 0 fully saturated rings. The summed E-state index contributed by atoms with van der Waals surface area (Å²) < 4.78 is 14.8. The summed E-state index contributed by atoms with van der Waals surface area (Å²) in [5.41, 5.74) is 6.84. The maximum atomic E-state index is 13.4. The van der Waals surface area contributed by atoms with Gasteiger partial charge in [-0.15, -0.1) is 0 Å². The molecular formula is C12H12FN3O2. The third kappa shape index (κ3) is 1.81. The number of nitrogens with two attached hydrogens (primary N) is 1. The SMILES string of the molecule is Cc1nn(-c2ccc(N)c(F)c2)c(C)c1C(=O)O. The van der Waals surface area contributed by atoms with Crippen molar-refractivity contribution in [1.29, 1.82) is 0 Å². The molecule has 18 heavy (non-hydrogen) atoms. The fraction of sp³-hybridized carbons (Fsp3) is 0.167. The summed E-state index contributed by atoms with van der Waals surface area (Å²) in [6.07, 6.45) is 0. The number of carboxylic acid groups (broad SMARTS) is 1. The van der Waals surface area contributed by atoms with Crippen LogP contribution in [0, 0.1) is 19.7 Å². The van der Waals surface area contributed by atoms with Crippen molar-refractivity contribution in [3.05, 3.63) is 41.0 Å². The highest BCUT2D eigenvalue weighted by Gasteiger charge is 2.18. The zero-order valence-electron chi connectivity index (χ0n) is 9.94. The molecule has 2 aromatic rings. The van der Waals surface area contributed by atoms with Crippen molar-refractivity contribution in [2.24, 2.45) is 0 Å². The monoisotopic (exact) mass is 249 g/mol. The van der Waals surface area contributed by atoms with Crippen LogP contribution < -0.4 is 5.73 Å². The molecule has 5 nitrogen and oxygen atoms in total. The lowest BCUT2D eigenvalue weighted by Gasteiger charge is -2.05. The summed E-state index contributed by atoms with van der Waals surface area (Å²) in [6, 6.07) is 4.23. The Labute approximate surface area is 103 Å². The van der Waals surface area contributed by atoms with Crippen molar-refractivity contribution in [2.45, 2.75) is 13.8 Å². The van der Waals surface area contributed by atoms with Crippen LogP contribution >= 0.6 is 0 Å². The number of anilines is 1. The highest BCUT2D eigenvalue weighted by atomic mass is 19.1. The average Bonchev–Trinajstić information content (AvgIpc) is 2.58. The quantitative estimate of drug-likeness (QED) is 0.796. The standard InChI is InChI=1S/C12H12FN3O2/c1-6-11(12(17)18)7(2)16(15-6)8-3-4-10(14)9(13)5-8/h3-5H,14H2,1-2H3,(H,17,18). The highest BCUT2D eigenvalue weighted by Crippen LogP contribution is 2.20. The smallest absolute Gasteiger partial charge is 0.339 e. The molecule has 2 rings (SSSR count). The normalized spacial score (nSPS) is 10.6. The average molecular weight is 249 g/mol. The van der Waals surface area contributed by atoms with Crippen molar-refractivity contribution < 1.29 is 14.3 Å². The van der Waals surface area contributed by atoms with Crippen molar-refractivity contribution >= 4 is 11.7 Å². The second-order valence-corrected chi connectivity index (χ2v) is 3.97. The van der Waals surface area contributed by atoms with E-state index in [0.717, 1.165) is 0 Å². The number of carbonyl (C=O) groups is 1. The molecule has 94 valence electrons. The Morgan fingerprint density at radius 1 is 1.44 bits per heavy atom. The largest absolute Gasteiger partial charge is 0.478 e. The van der Waals surface area contributed by atoms with Gasteiger partial charge < -0.3 is 10.8 Å². The first-order valence-corrected chi connectivity index (χ1v) is 5.26. The highest BCUT2D eigenvalue weighted by molar-refractivity contribution is 5.90. The molecule has 1 aromatic heterocycles. The number of aryl methyl sites for hydroxylation is 1. The molecule has 0 radical (unpaired) electrons. The Morgan fingerprint density at radius 3 is 2.61 bits per heavy atom. The Bertz CT molecular complexity index is 634. The van der Waals surface area contributed by atoms with Gasteiger partial charge in [0.2, 0.25) is 0 Å². The lowest BCUT2D eigenvalue weighted by Crippen LogP contribution is -2.03. The number of rotatable bonds is 2. The van der Waals surface area contributed by atoms with Gasteiger partial charge in [-0.1, -0.05) is 0 Å². The molecule has 3 N–H and O–H groups in total. The number of hydrogen-bond acceptors (Lipinski definition) is 3. The van der Waals surface area contributed by atoms with Crippen LogP contribution in [0.1, 0.15) is 21.7 Å². The van der Waals surface area contributed by atoms with E-state index in [1.54, 1.807) is 19.9 Å². The van der Waals surface area contributed by atoms with Crippen LogP contribution in [0.15, 0.2) is 18.2 Å². The van der Waals surface area contributed by atoms with E-state index in [1.807, 2.05) is 0 Å². The molecular weight excluding hydrogens is 237 g/mol. The molecule has 0 atom stereocenters. The van der Waals surface area contributed by atoms with Crippen LogP contribution in [-0.4, -0.2) is 20.9 Å². The molecule has 0 aliphatic carbocycles. The molecule has 0 saturated heterocycles. The Balaban J connectivity index is 2.61. The molecule has 0 aliphatic rings. The van der Waals surface area contributed by atoms with Gasteiger partial charge in [0.25, 0.3) is 0 Å². The fourth-order valence-corrected chi connectivity index (χ4v) is 1.85. The van der Waals surface area contributed by atoms with Gasteiger partial charge in [-0.05, 0) is 26.0 Å². The summed E-state index contributed by atoms with van der Waals surface area (Å²) in [5, 5.41) is 13.2. The van der Waals surface area contributed by atoms with E-state index in [4.69, 9.17) is 10.8 Å². The molecule has 6 heteroatoms. The van der Waals surface area contributed by atoms with Gasteiger partial charge in [0.15, 0.2) is 0 Å². The van der Waals surface area contributed by atoms with E-state index in [2.05, 4.69) is 5.10 Å². The lowest BCUT2D eigenvalue weighted by molar-refractivity contribution is 0.0695. The maximum absolute atomic E-state index is 13.4. The third-order valence-electron chi connectivity index (χ3n) is 2.73. The Hall–Kier alpha value is -2.37. The van der Waals surface area contributed by atoms with Crippen molar-refractivity contribution in [3.8, 4) is 5.69 Å². The zero-order valence-corrected chi connectivity index (χ0v) is 9.94. The van der Waals surface area contributed by atoms with Crippen LogP contribution in [0.3, 0.4) is 0 Å². The van der Waals surface area contributed by atoms with Crippen LogP contribution in [0.25, 0.3) is 5.69 Å². The summed E-state index contributed by atoms with van der Waals surface area (Å²) >= 11 is 0. The molecule has 0 aliphatic heterocycles. The van der Waals surface area contributed by atoms with E-state index in [9.17, 15) is 9.18 Å². The predicted octanol–water partition coefficient (Wildman–Crippen LogP) is 1.91. The topological polar surface area (TPSA) is 81.1 Å². The lowest BCUT2D eigenvalue weighted by atomic mass is 10.2. The van der Waals surface area contributed by atoms with Gasteiger partial charge in [-0.25, -0.2) is 13.9 Å². The van der Waals surface area contributed by atoms with Gasteiger partial charge in [-0.3, -0.25) is 0 Å². The first kappa shape index (κ1) is 12.1. The number of carboxylic acids is 1. The number of halogens is 1. The van der Waals surface area contributed by atoms with Gasteiger partial charge in [0, 0.05) is 6.07 Å². The van der Waals surface area contributed by atoms with Gasteiger partial charge >= 0.3 is 5.97 Å². The first-order chi connectivity index (χ1) is 8.41. The van der Waals surface area contributed by atoms with E-state index in [1.165, 1.54) is 16.8 Å². The van der Waals surface area contributed by atoms with E-state index >= 15 is 0 Å². The van der Waals surface area contributed by atoms with Crippen molar-refractivity contribution in [2.75, 3.05) is 5.73 Å². The minimum atomic E-state index is -1.05. The summed E-state index contributed by atoms with van der Waals surface area (Å²) in [5.74, 6) is -1.61. The second kappa shape index (κ2) is 4.14. The number of benzene rings is 1. The van der Waals surface area contributed by atoms with Crippen LogP contribution in [0.2, 0.25) is 0 Å². The van der Waals surface area contributed by atoms with Crippen LogP contribution in [0.4, 0.5) is 10.1 Å². The van der Waals surface area contributed by atoms with Gasteiger partial charge in [0.05, 0.1) is 22.8 Å². The molecule has 0 bridgehead atoms. The molecule has 1 heterocycles. The molecule has 0 saturated carbocycles. The van der Waals surface area contributed by atoms with Crippen molar-refractivity contribution in [1.82, 2.24) is 9.78 Å². The molecule has 1 aromatic carbocycles. The zero-order chi connectivity index (χ0) is 13.4. The number of nitrogens with zero attached hydrogens (tertiary/aromatic N) is 2. The third-order valence-corrected chi connectivity index (χ3v) is 2.73. The summed E-state index contributed by atoms with van der Waals surface area (Å²) in [7, 11) is 0. The first-order valence-electron chi connectivity index (χ1n) is 5.26. The number of aromatic carboxylic acids is 1. The maximum Gasteiger partial charge on any atom is 0.339 e. The Morgan fingerprint density at radius 2 is 2.11 bits per heavy atom. The van der Waals surface area contributed by atoms with E-state index < -0.39 is 11.8 Å². The Kier molecular flexibility index (Phi) is 2.78. The fourth-order valence-electron chi connectivity index (χ4n) is 1.85. The molecule has 0 unspecified atom stereocenters. The molecule has 0 spiro atoms. The number of nitrogen functional groups attached to an aromatic ring is 1. The predicted molar refractivity (Wildman–Crippen MR) is 64.4 cm³/mol. The van der Waals surface area contributed by atoms with Gasteiger partial charge in [-0.2, -0.15) is 5.10 Å². The number of hydrogen-bond donors (Lipinski definition) is 2. The van der Waals surface area contributed by atoms with Crippen molar-refractivity contribution in [3.63, 3.8) is 0 Å². The minimum absolute atomic E-state index is 0.0405. The van der Waals surface area contributed by atoms with Gasteiger partial charge in [0.1, 0.15) is 11.4 Å². The van der Waals surface area contributed by atoms with E-state index in [0.29, 0.717) is 17.1 Å². The summed E-state index contributed by atoms with van der Waals surface area (Å²) in [6.45, 7) is 3.22. The van der Waals surface area contributed by atoms with Crippen LogP contribution in [0.5, 0.6) is 0 Å². The van der Waals surface area contributed by atoms with E-state index in [-0.39, 0.29) is 11.3 Å². The second-order valence-electron chi connectivity index (χ2n) is 3.97. The minimum Gasteiger partial charge on any atom is -0.478 e. The molecule has 0 amide bonds. The number of aromatic nitrogens is 2. The summed E-state index contributed by atoms with van der Waals surface area (Å²) in [4.78, 5) is 11.1.